The molecule has 1 fully saturated rings. The first kappa shape index (κ1) is 23.4. The zero-order valence-corrected chi connectivity index (χ0v) is 18.9. The summed E-state index contributed by atoms with van der Waals surface area (Å²) in [4.78, 5) is 0. The zero-order valence-electron chi connectivity index (χ0n) is 17.3. The number of aromatic hydroxyl groups is 1. The Morgan fingerprint density at radius 1 is 1.40 bits per heavy atom. The minimum absolute atomic E-state index is 0.0335. The molecular formula is C21H28BClO6S. The Morgan fingerprint density at radius 2 is 2.17 bits per heavy atom. The van der Waals surface area contributed by atoms with Crippen LogP contribution in [0.4, 0.5) is 0 Å². The number of benzene rings is 1. The highest BCUT2D eigenvalue weighted by Gasteiger charge is 2.48. The van der Waals surface area contributed by atoms with E-state index in [4.69, 9.17) is 21.0 Å². The molecular weight excluding hydrogens is 427 g/mol. The number of halogens is 1. The van der Waals surface area contributed by atoms with Crippen LogP contribution in [0.1, 0.15) is 38.2 Å². The van der Waals surface area contributed by atoms with Gasteiger partial charge in [0.25, 0.3) is 0 Å². The average Bonchev–Trinajstić information content (AvgIpc) is 2.92. The molecule has 0 saturated carbocycles. The number of phenols is 1. The summed E-state index contributed by atoms with van der Waals surface area (Å²) >= 11 is 6.25. The van der Waals surface area contributed by atoms with Crippen molar-refractivity contribution in [3.8, 4) is 5.75 Å². The van der Waals surface area contributed by atoms with E-state index >= 15 is 0 Å². The predicted octanol–water partition coefficient (Wildman–Crippen LogP) is 3.63. The molecule has 2 aliphatic heterocycles. The second-order valence-electron chi connectivity index (χ2n) is 7.90. The molecule has 0 unspecified atom stereocenters. The first-order valence-corrected chi connectivity index (χ1v) is 12.3. The van der Waals surface area contributed by atoms with Crippen molar-refractivity contribution in [3.05, 3.63) is 45.5 Å². The van der Waals surface area contributed by atoms with E-state index in [2.05, 4.69) is 6.92 Å². The van der Waals surface area contributed by atoms with Crippen molar-refractivity contribution in [2.45, 2.75) is 50.3 Å². The highest BCUT2D eigenvalue weighted by molar-refractivity contribution is 7.92. The summed E-state index contributed by atoms with van der Waals surface area (Å²) < 4.78 is 36.2. The number of allylic oxidation sites excluding steroid dienone is 1. The molecule has 1 saturated heterocycles. The fraction of sp³-hybridized carbons (Fsp3) is 0.524. The van der Waals surface area contributed by atoms with Gasteiger partial charge in [-0.05, 0) is 54.2 Å². The number of phenolic OH excluding ortho intramolecular Hbond substituents is 1. The van der Waals surface area contributed by atoms with E-state index in [-0.39, 0.29) is 24.4 Å². The van der Waals surface area contributed by atoms with Crippen LogP contribution in [0.2, 0.25) is 11.3 Å². The number of sulfone groups is 1. The van der Waals surface area contributed by atoms with E-state index in [1.807, 2.05) is 6.08 Å². The first-order chi connectivity index (χ1) is 14.2. The lowest BCUT2D eigenvalue weighted by atomic mass is 9.74. The molecule has 0 radical (unpaired) electrons. The summed E-state index contributed by atoms with van der Waals surface area (Å²) in [6.45, 7) is 2.34. The third kappa shape index (κ3) is 5.29. The smallest absolute Gasteiger partial charge is 0.456 e. The maximum absolute atomic E-state index is 12.6. The second kappa shape index (κ2) is 9.87. The third-order valence-electron chi connectivity index (χ3n) is 5.61. The Bertz CT molecular complexity index is 943. The number of ether oxygens (including phenoxy) is 1. The van der Waals surface area contributed by atoms with Gasteiger partial charge in [-0.2, -0.15) is 0 Å². The van der Waals surface area contributed by atoms with Gasteiger partial charge in [-0.3, -0.25) is 0 Å². The van der Waals surface area contributed by atoms with Gasteiger partial charge in [0.05, 0.1) is 28.7 Å². The Hall–Kier alpha value is -1.32. The molecule has 2 atom stereocenters. The Balaban J connectivity index is 1.83. The Morgan fingerprint density at radius 3 is 2.83 bits per heavy atom. The molecule has 0 amide bonds. The first-order valence-electron chi connectivity index (χ1n) is 10.2. The van der Waals surface area contributed by atoms with E-state index < -0.39 is 28.3 Å². The van der Waals surface area contributed by atoms with E-state index in [0.717, 1.165) is 35.1 Å². The van der Waals surface area contributed by atoms with Crippen LogP contribution in [0.3, 0.4) is 0 Å². The molecule has 2 heterocycles. The van der Waals surface area contributed by atoms with Crippen LogP contribution in [0, 0.1) is 0 Å². The van der Waals surface area contributed by atoms with Gasteiger partial charge in [-0.15, -0.1) is 0 Å². The van der Waals surface area contributed by atoms with Crippen molar-refractivity contribution < 1.29 is 27.9 Å². The lowest BCUT2D eigenvalue weighted by Gasteiger charge is -2.32. The Labute approximate surface area is 183 Å². The highest BCUT2D eigenvalue weighted by Crippen LogP contribution is 2.40. The fourth-order valence-electron chi connectivity index (χ4n) is 4.34. The van der Waals surface area contributed by atoms with Crippen molar-refractivity contribution in [1.82, 2.24) is 0 Å². The van der Waals surface area contributed by atoms with Gasteiger partial charge in [0.15, 0.2) is 9.84 Å². The van der Waals surface area contributed by atoms with E-state index in [1.165, 1.54) is 6.07 Å². The van der Waals surface area contributed by atoms with Crippen LogP contribution < -0.4 is 0 Å². The van der Waals surface area contributed by atoms with Crippen LogP contribution in [0.5, 0.6) is 5.75 Å². The molecule has 0 spiro atoms. The Kier molecular flexibility index (Phi) is 7.68. The largest absolute Gasteiger partial charge is 0.508 e. The van der Waals surface area contributed by atoms with Gasteiger partial charge < -0.3 is 19.5 Å². The minimum atomic E-state index is -3.34. The molecule has 9 heteroatoms. The summed E-state index contributed by atoms with van der Waals surface area (Å²) in [6.07, 6.45) is 4.67. The standard InChI is InChI=1S/C21H28BClO6S/c1-3-4-14(9-15-6-7-17(24)10-18(15)23)5-8-19-21-16(12-28-2)13-30(26,27)20(21)11-22(25)29-19/h6-7,9-10,19-20,24-25H,3-5,8,11-13H2,1-2H3/b14-9+/t19-,20+/m1/s1. The van der Waals surface area contributed by atoms with Crippen molar-refractivity contribution >= 4 is 34.6 Å². The summed E-state index contributed by atoms with van der Waals surface area (Å²) in [5.74, 6) is 0.0821. The zero-order chi connectivity index (χ0) is 21.9. The molecule has 164 valence electrons. The topological polar surface area (TPSA) is 93.1 Å². The number of rotatable bonds is 8. The van der Waals surface area contributed by atoms with Gasteiger partial charge in [-0.1, -0.05) is 36.6 Å². The minimum Gasteiger partial charge on any atom is -0.508 e. The summed E-state index contributed by atoms with van der Waals surface area (Å²) in [5, 5.41) is 19.5. The van der Waals surface area contributed by atoms with E-state index in [0.29, 0.717) is 17.9 Å². The fourth-order valence-corrected chi connectivity index (χ4v) is 6.67. The van der Waals surface area contributed by atoms with E-state index in [1.54, 1.807) is 19.2 Å². The molecule has 1 aromatic rings. The lowest BCUT2D eigenvalue weighted by molar-refractivity contribution is 0.166. The number of hydrogen-bond donors (Lipinski definition) is 2. The number of hydrogen-bond acceptors (Lipinski definition) is 6. The van der Waals surface area contributed by atoms with Crippen molar-refractivity contribution in [2.75, 3.05) is 19.5 Å². The van der Waals surface area contributed by atoms with Gasteiger partial charge in [-0.25, -0.2) is 8.42 Å². The van der Waals surface area contributed by atoms with Gasteiger partial charge in [0.2, 0.25) is 0 Å². The van der Waals surface area contributed by atoms with E-state index in [9.17, 15) is 18.5 Å². The molecule has 2 N–H and O–H groups in total. The third-order valence-corrected chi connectivity index (χ3v) is 8.00. The van der Waals surface area contributed by atoms with Crippen molar-refractivity contribution in [2.24, 2.45) is 0 Å². The normalized spacial score (nSPS) is 23.7. The lowest BCUT2D eigenvalue weighted by Crippen LogP contribution is -2.42. The van der Waals surface area contributed by atoms with Crippen LogP contribution in [0.15, 0.2) is 34.9 Å². The molecule has 0 bridgehead atoms. The van der Waals surface area contributed by atoms with Crippen LogP contribution in [-0.2, 0) is 19.2 Å². The summed E-state index contributed by atoms with van der Waals surface area (Å²) in [5.41, 5.74) is 3.49. The maximum atomic E-state index is 12.6. The summed E-state index contributed by atoms with van der Waals surface area (Å²) in [7, 11) is -2.89. The molecule has 0 aliphatic carbocycles. The highest BCUT2D eigenvalue weighted by atomic mass is 35.5. The molecule has 0 aromatic heterocycles. The van der Waals surface area contributed by atoms with Gasteiger partial charge in [0.1, 0.15) is 5.75 Å². The second-order valence-corrected chi connectivity index (χ2v) is 10.5. The molecule has 3 rings (SSSR count). The average molecular weight is 455 g/mol. The number of methoxy groups -OCH3 is 1. The van der Waals surface area contributed by atoms with Gasteiger partial charge >= 0.3 is 7.12 Å². The molecule has 30 heavy (non-hydrogen) atoms. The molecule has 1 aromatic carbocycles. The molecule has 2 aliphatic rings. The summed E-state index contributed by atoms with van der Waals surface area (Å²) in [6, 6.07) is 4.87. The SMILES string of the molecule is CCC/C(=C\c1ccc(O)cc1Cl)CC[C@H]1OB(O)C[C@H]2C1=C(COC)CS2(=O)=O. The van der Waals surface area contributed by atoms with Gasteiger partial charge in [0, 0.05) is 13.4 Å². The van der Waals surface area contributed by atoms with Crippen molar-refractivity contribution in [3.63, 3.8) is 0 Å². The van der Waals surface area contributed by atoms with Crippen LogP contribution in [0.25, 0.3) is 6.08 Å². The number of fused-ring (bicyclic) bond motifs is 1. The quantitative estimate of drug-likeness (QED) is 0.460. The van der Waals surface area contributed by atoms with Crippen molar-refractivity contribution in [1.29, 1.82) is 0 Å². The van der Waals surface area contributed by atoms with Crippen LogP contribution >= 0.6 is 11.6 Å². The predicted molar refractivity (Wildman–Crippen MR) is 119 cm³/mol. The van der Waals surface area contributed by atoms with Crippen LogP contribution in [-0.4, -0.2) is 56.5 Å². The maximum Gasteiger partial charge on any atom is 0.456 e. The molecule has 6 nitrogen and oxygen atoms in total. The monoisotopic (exact) mass is 454 g/mol.